The lowest BCUT2D eigenvalue weighted by Gasteiger charge is -2.21. The first-order valence-corrected chi connectivity index (χ1v) is 9.54. The number of aliphatic hydroxyl groups excluding tert-OH is 1. The number of imidazole rings is 1. The van der Waals surface area contributed by atoms with Crippen molar-refractivity contribution in [1.29, 1.82) is 0 Å². The molecular weight excluding hydrogens is 350 g/mol. The van der Waals surface area contributed by atoms with Crippen LogP contribution in [0.15, 0.2) is 67.3 Å². The maximum atomic E-state index is 10.9. The lowest BCUT2D eigenvalue weighted by molar-refractivity contribution is 0.145. The van der Waals surface area contributed by atoms with Crippen molar-refractivity contribution in [3.05, 3.63) is 78.4 Å². The number of fused-ring (bicyclic) bond motifs is 1. The summed E-state index contributed by atoms with van der Waals surface area (Å²) in [6.45, 7) is 2.75. The molecule has 4 aromatic rings. The molecule has 1 aliphatic carbocycles. The second-order valence-electron chi connectivity index (χ2n) is 7.03. The molecule has 1 aliphatic rings. The number of aryl methyl sites for hydroxylation is 1. The van der Waals surface area contributed by atoms with Crippen LogP contribution in [0, 0.1) is 0 Å². The van der Waals surface area contributed by atoms with Gasteiger partial charge in [-0.2, -0.15) is 5.10 Å². The van der Waals surface area contributed by atoms with Crippen LogP contribution in [0.25, 0.3) is 22.8 Å². The summed E-state index contributed by atoms with van der Waals surface area (Å²) in [7, 11) is 0. The van der Waals surface area contributed by atoms with Gasteiger partial charge in [0.25, 0.3) is 0 Å². The van der Waals surface area contributed by atoms with E-state index >= 15 is 0 Å². The third kappa shape index (κ3) is 2.57. The van der Waals surface area contributed by atoms with Crippen molar-refractivity contribution in [1.82, 2.24) is 24.3 Å². The molecule has 0 radical (unpaired) electrons. The van der Waals surface area contributed by atoms with Gasteiger partial charge in [0.15, 0.2) is 5.82 Å². The molecule has 0 saturated heterocycles. The molecule has 0 amide bonds. The second kappa shape index (κ2) is 6.73. The maximum absolute atomic E-state index is 10.9. The van der Waals surface area contributed by atoms with Gasteiger partial charge in [-0.1, -0.05) is 54.6 Å². The Kier molecular flexibility index (Phi) is 4.06. The van der Waals surface area contributed by atoms with Crippen molar-refractivity contribution >= 4 is 0 Å². The van der Waals surface area contributed by atoms with E-state index in [2.05, 4.69) is 26.8 Å². The number of hydrogen-bond acceptors (Lipinski definition) is 4. The smallest absolute Gasteiger partial charge is 0.177 e. The molecule has 0 bridgehead atoms. The molecule has 0 unspecified atom stereocenters. The predicted molar refractivity (Wildman–Crippen MR) is 107 cm³/mol. The quantitative estimate of drug-likeness (QED) is 0.597. The van der Waals surface area contributed by atoms with Gasteiger partial charge in [0.05, 0.1) is 24.2 Å². The van der Waals surface area contributed by atoms with Gasteiger partial charge in [-0.15, -0.1) is 0 Å². The molecule has 6 heteroatoms. The standard InChI is InChI=1S/C22H21N5O/c1-2-27-22(23-13-25-27)21-19(15-8-4-3-5-9-15)24-14-26(21)20-17-11-7-6-10-16(17)12-18(20)28/h3-11,13-14,18,20,28H,2,12H2,1H3/t18-,20+/m1/s1. The molecule has 140 valence electrons. The number of benzene rings is 2. The molecule has 6 nitrogen and oxygen atoms in total. The highest BCUT2D eigenvalue weighted by Crippen LogP contribution is 2.40. The van der Waals surface area contributed by atoms with Crippen LogP contribution < -0.4 is 0 Å². The summed E-state index contributed by atoms with van der Waals surface area (Å²) in [6, 6.07) is 18.1. The molecule has 2 aromatic carbocycles. The first kappa shape index (κ1) is 16.9. The maximum Gasteiger partial charge on any atom is 0.177 e. The number of hydrogen-bond donors (Lipinski definition) is 1. The summed E-state index contributed by atoms with van der Waals surface area (Å²) >= 11 is 0. The monoisotopic (exact) mass is 371 g/mol. The summed E-state index contributed by atoms with van der Waals surface area (Å²) in [5, 5.41) is 15.3. The Bertz CT molecular complexity index is 1110. The third-order valence-electron chi connectivity index (χ3n) is 5.43. The first-order valence-electron chi connectivity index (χ1n) is 9.54. The van der Waals surface area contributed by atoms with Crippen LogP contribution in [-0.4, -0.2) is 35.5 Å². The molecule has 0 saturated carbocycles. The van der Waals surface area contributed by atoms with Crippen molar-refractivity contribution in [2.24, 2.45) is 0 Å². The average molecular weight is 371 g/mol. The van der Waals surface area contributed by atoms with Crippen LogP contribution in [0.5, 0.6) is 0 Å². The van der Waals surface area contributed by atoms with Gasteiger partial charge in [-0.3, -0.25) is 0 Å². The largest absolute Gasteiger partial charge is 0.390 e. The Balaban J connectivity index is 1.75. The van der Waals surface area contributed by atoms with Gasteiger partial charge in [0, 0.05) is 18.5 Å². The topological polar surface area (TPSA) is 68.8 Å². The minimum Gasteiger partial charge on any atom is -0.390 e. The van der Waals surface area contributed by atoms with E-state index in [0.29, 0.717) is 13.0 Å². The van der Waals surface area contributed by atoms with E-state index in [-0.39, 0.29) is 6.04 Å². The molecule has 2 aromatic heterocycles. The lowest BCUT2D eigenvalue weighted by atomic mass is 10.1. The van der Waals surface area contributed by atoms with Crippen LogP contribution in [0.2, 0.25) is 0 Å². The van der Waals surface area contributed by atoms with E-state index in [1.54, 1.807) is 6.33 Å². The van der Waals surface area contributed by atoms with Crippen molar-refractivity contribution in [3.63, 3.8) is 0 Å². The van der Waals surface area contributed by atoms with Crippen molar-refractivity contribution < 1.29 is 5.11 Å². The molecule has 2 heterocycles. The highest BCUT2D eigenvalue weighted by molar-refractivity contribution is 5.75. The fourth-order valence-corrected chi connectivity index (χ4v) is 4.17. The van der Waals surface area contributed by atoms with Crippen molar-refractivity contribution in [3.8, 4) is 22.8 Å². The van der Waals surface area contributed by atoms with Crippen LogP contribution in [0.4, 0.5) is 0 Å². The van der Waals surface area contributed by atoms with Crippen molar-refractivity contribution in [2.45, 2.75) is 32.0 Å². The average Bonchev–Trinajstić information content (AvgIpc) is 3.43. The molecule has 2 atom stereocenters. The number of rotatable bonds is 4. The van der Waals surface area contributed by atoms with E-state index in [0.717, 1.165) is 28.3 Å². The molecule has 5 rings (SSSR count). The fourth-order valence-electron chi connectivity index (χ4n) is 4.17. The summed E-state index contributed by atoms with van der Waals surface area (Å²) in [5.74, 6) is 0.760. The van der Waals surface area contributed by atoms with Crippen LogP contribution >= 0.6 is 0 Å². The highest BCUT2D eigenvalue weighted by Gasteiger charge is 2.35. The normalized spacial score (nSPS) is 18.4. The summed E-state index contributed by atoms with van der Waals surface area (Å²) in [5.41, 5.74) is 5.06. The zero-order valence-corrected chi connectivity index (χ0v) is 15.6. The summed E-state index contributed by atoms with van der Waals surface area (Å²) in [4.78, 5) is 9.28. The number of aliphatic hydroxyl groups is 1. The van der Waals surface area contributed by atoms with Gasteiger partial charge in [0.2, 0.25) is 0 Å². The number of nitrogens with zero attached hydrogens (tertiary/aromatic N) is 5. The first-order chi connectivity index (χ1) is 13.8. The molecule has 28 heavy (non-hydrogen) atoms. The minimum atomic E-state index is -0.507. The Hall–Kier alpha value is -3.25. The SMILES string of the molecule is CCn1ncnc1-c1c(-c2ccccc2)ncn1[C@H]1c2ccccc2C[C@H]1O. The predicted octanol–water partition coefficient (Wildman–Crippen LogP) is 3.33. The van der Waals surface area contributed by atoms with Gasteiger partial charge < -0.3 is 9.67 Å². The Labute approximate surface area is 163 Å². The number of aromatic nitrogens is 5. The summed E-state index contributed by atoms with van der Waals surface area (Å²) < 4.78 is 3.93. The molecule has 1 N–H and O–H groups in total. The van der Waals surface area contributed by atoms with Gasteiger partial charge in [-0.25, -0.2) is 14.6 Å². The Morgan fingerprint density at radius 1 is 1.04 bits per heavy atom. The zero-order valence-electron chi connectivity index (χ0n) is 15.6. The van der Waals surface area contributed by atoms with Gasteiger partial charge in [0.1, 0.15) is 12.0 Å². The summed E-state index contributed by atoms with van der Waals surface area (Å²) in [6.07, 6.45) is 3.53. The van der Waals surface area contributed by atoms with Gasteiger partial charge >= 0.3 is 0 Å². The van der Waals surface area contributed by atoms with Crippen molar-refractivity contribution in [2.75, 3.05) is 0 Å². The van der Waals surface area contributed by atoms with Crippen LogP contribution in [0.3, 0.4) is 0 Å². The van der Waals surface area contributed by atoms with E-state index < -0.39 is 6.10 Å². The second-order valence-corrected chi connectivity index (χ2v) is 7.03. The van der Waals surface area contributed by atoms with Crippen LogP contribution in [-0.2, 0) is 13.0 Å². The van der Waals surface area contributed by atoms with E-state index in [1.165, 1.54) is 5.56 Å². The third-order valence-corrected chi connectivity index (χ3v) is 5.43. The van der Waals surface area contributed by atoms with Gasteiger partial charge in [-0.05, 0) is 18.1 Å². The Morgan fingerprint density at radius 3 is 2.64 bits per heavy atom. The zero-order chi connectivity index (χ0) is 19.1. The Morgan fingerprint density at radius 2 is 1.82 bits per heavy atom. The molecule has 0 spiro atoms. The molecule has 0 fully saturated rings. The van der Waals surface area contributed by atoms with Crippen LogP contribution in [0.1, 0.15) is 24.1 Å². The van der Waals surface area contributed by atoms with E-state index in [4.69, 9.17) is 4.98 Å². The molecule has 0 aliphatic heterocycles. The van der Waals surface area contributed by atoms with E-state index in [9.17, 15) is 5.11 Å². The fraction of sp³-hybridized carbons (Fsp3) is 0.227. The molecular formula is C22H21N5O. The highest BCUT2D eigenvalue weighted by atomic mass is 16.3. The van der Waals surface area contributed by atoms with E-state index in [1.807, 2.05) is 60.4 Å². The lowest BCUT2D eigenvalue weighted by Crippen LogP contribution is -2.22. The minimum absolute atomic E-state index is 0.196.